The first kappa shape index (κ1) is 14.9. The van der Waals surface area contributed by atoms with E-state index in [2.05, 4.69) is 9.71 Å². The maximum atomic E-state index is 12.1. The van der Waals surface area contributed by atoms with Crippen molar-refractivity contribution in [1.29, 1.82) is 0 Å². The minimum Gasteiger partial charge on any atom is -0.389 e. The first-order valence-corrected chi connectivity index (χ1v) is 8.61. The summed E-state index contributed by atoms with van der Waals surface area (Å²) in [7, 11) is -3.50. The second kappa shape index (κ2) is 5.86. The molecular formula is C12H13N3O2S3. The van der Waals surface area contributed by atoms with Gasteiger partial charge in [0.25, 0.3) is 0 Å². The predicted octanol–water partition coefficient (Wildman–Crippen LogP) is 2.03. The molecule has 0 atom stereocenters. The second-order valence-corrected chi connectivity index (χ2v) is 7.24. The summed E-state index contributed by atoms with van der Waals surface area (Å²) >= 11 is 6.13. The predicted molar refractivity (Wildman–Crippen MR) is 85.4 cm³/mol. The standard InChI is InChI=1S/C12H13N3O2S3/c1-8-6-19-12(14-8)15-20(16,17)7-9-3-2-4-10(5-9)11(13)18/h2-6H,7H2,1H3,(H2,13,18)(H,14,15). The van der Waals surface area contributed by atoms with E-state index in [-0.39, 0.29) is 10.7 Å². The zero-order chi connectivity index (χ0) is 14.8. The van der Waals surface area contributed by atoms with Gasteiger partial charge in [-0.25, -0.2) is 13.4 Å². The molecule has 1 aromatic carbocycles. The summed E-state index contributed by atoms with van der Waals surface area (Å²) < 4.78 is 26.6. The highest BCUT2D eigenvalue weighted by molar-refractivity contribution is 7.92. The molecule has 0 spiro atoms. The number of nitrogens with one attached hydrogen (secondary N) is 1. The van der Waals surface area contributed by atoms with Crippen LogP contribution in [0.15, 0.2) is 29.6 Å². The molecule has 2 aromatic rings. The molecule has 0 aliphatic heterocycles. The van der Waals surface area contributed by atoms with E-state index in [1.54, 1.807) is 36.6 Å². The van der Waals surface area contributed by atoms with Crippen molar-refractivity contribution in [2.45, 2.75) is 12.7 Å². The molecule has 5 nitrogen and oxygen atoms in total. The van der Waals surface area contributed by atoms with Crippen LogP contribution in [0.5, 0.6) is 0 Å². The van der Waals surface area contributed by atoms with Crippen LogP contribution in [0.3, 0.4) is 0 Å². The molecule has 0 aliphatic rings. The van der Waals surface area contributed by atoms with Gasteiger partial charge >= 0.3 is 0 Å². The van der Waals surface area contributed by atoms with Gasteiger partial charge in [-0.1, -0.05) is 30.4 Å². The molecule has 1 heterocycles. The van der Waals surface area contributed by atoms with Crippen LogP contribution >= 0.6 is 23.6 Å². The molecule has 0 saturated heterocycles. The molecular weight excluding hydrogens is 314 g/mol. The number of benzene rings is 1. The molecule has 3 N–H and O–H groups in total. The molecule has 20 heavy (non-hydrogen) atoms. The van der Waals surface area contributed by atoms with Gasteiger partial charge < -0.3 is 5.73 Å². The van der Waals surface area contributed by atoms with E-state index in [0.717, 1.165) is 5.69 Å². The van der Waals surface area contributed by atoms with Gasteiger partial charge in [-0.3, -0.25) is 4.72 Å². The lowest BCUT2D eigenvalue weighted by atomic mass is 10.1. The van der Waals surface area contributed by atoms with Gasteiger partial charge in [-0.05, 0) is 18.6 Å². The summed E-state index contributed by atoms with van der Waals surface area (Å²) in [4.78, 5) is 4.31. The third kappa shape index (κ3) is 3.99. The van der Waals surface area contributed by atoms with Gasteiger partial charge in [-0.2, -0.15) is 0 Å². The maximum Gasteiger partial charge on any atom is 0.238 e. The average molecular weight is 327 g/mol. The maximum absolute atomic E-state index is 12.1. The van der Waals surface area contributed by atoms with E-state index < -0.39 is 10.0 Å². The number of hydrogen-bond acceptors (Lipinski definition) is 5. The highest BCUT2D eigenvalue weighted by Crippen LogP contribution is 2.18. The lowest BCUT2D eigenvalue weighted by Crippen LogP contribution is -2.16. The number of thiocarbonyl (C=S) groups is 1. The average Bonchev–Trinajstić information content (AvgIpc) is 2.73. The van der Waals surface area contributed by atoms with Gasteiger partial charge in [0.1, 0.15) is 4.99 Å². The Balaban J connectivity index is 2.15. The Labute approximate surface area is 126 Å². The molecule has 0 aliphatic carbocycles. The van der Waals surface area contributed by atoms with Gasteiger partial charge in [0, 0.05) is 10.9 Å². The first-order chi connectivity index (χ1) is 9.35. The third-order valence-electron chi connectivity index (χ3n) is 2.43. The molecule has 0 unspecified atom stereocenters. The Morgan fingerprint density at radius 2 is 2.25 bits per heavy atom. The fourth-order valence-corrected chi connectivity index (χ4v) is 3.84. The number of anilines is 1. The molecule has 1 aromatic heterocycles. The Morgan fingerprint density at radius 1 is 1.50 bits per heavy atom. The SMILES string of the molecule is Cc1csc(NS(=O)(=O)Cc2cccc(C(N)=S)c2)n1. The quantitative estimate of drug-likeness (QED) is 0.821. The van der Waals surface area contributed by atoms with Crippen LogP contribution in [-0.4, -0.2) is 18.4 Å². The lowest BCUT2D eigenvalue weighted by molar-refractivity contribution is 0.600. The van der Waals surface area contributed by atoms with Crippen molar-refractivity contribution < 1.29 is 8.42 Å². The molecule has 0 saturated carbocycles. The smallest absolute Gasteiger partial charge is 0.238 e. The highest BCUT2D eigenvalue weighted by Gasteiger charge is 2.14. The minimum absolute atomic E-state index is 0.151. The lowest BCUT2D eigenvalue weighted by Gasteiger charge is -2.06. The van der Waals surface area contributed by atoms with E-state index in [1.165, 1.54) is 11.3 Å². The molecule has 106 valence electrons. The Kier molecular flexibility index (Phi) is 4.36. The number of sulfonamides is 1. The minimum atomic E-state index is -3.50. The van der Waals surface area contributed by atoms with Crippen LogP contribution in [0, 0.1) is 6.92 Å². The zero-order valence-corrected chi connectivity index (χ0v) is 13.1. The van der Waals surface area contributed by atoms with Crippen molar-refractivity contribution in [3.8, 4) is 0 Å². The molecule has 0 radical (unpaired) electrons. The van der Waals surface area contributed by atoms with Crippen molar-refractivity contribution in [3.63, 3.8) is 0 Å². The summed E-state index contributed by atoms with van der Waals surface area (Å²) in [5.74, 6) is -0.151. The van der Waals surface area contributed by atoms with Crippen LogP contribution in [0.4, 0.5) is 5.13 Å². The Bertz CT molecular complexity index is 738. The molecule has 0 bridgehead atoms. The van der Waals surface area contributed by atoms with Crippen molar-refractivity contribution in [1.82, 2.24) is 4.98 Å². The van der Waals surface area contributed by atoms with E-state index in [1.807, 2.05) is 0 Å². The van der Waals surface area contributed by atoms with Crippen LogP contribution < -0.4 is 10.5 Å². The van der Waals surface area contributed by atoms with E-state index >= 15 is 0 Å². The highest BCUT2D eigenvalue weighted by atomic mass is 32.2. The number of hydrogen-bond donors (Lipinski definition) is 2. The molecule has 0 amide bonds. The monoisotopic (exact) mass is 327 g/mol. The number of nitrogens with zero attached hydrogens (tertiary/aromatic N) is 1. The Hall–Kier alpha value is -1.51. The van der Waals surface area contributed by atoms with Gasteiger partial charge in [-0.15, -0.1) is 11.3 Å². The van der Waals surface area contributed by atoms with Gasteiger partial charge in [0.15, 0.2) is 5.13 Å². The van der Waals surface area contributed by atoms with E-state index in [0.29, 0.717) is 16.3 Å². The van der Waals surface area contributed by atoms with E-state index in [4.69, 9.17) is 18.0 Å². The largest absolute Gasteiger partial charge is 0.389 e. The van der Waals surface area contributed by atoms with Crippen LogP contribution in [0.2, 0.25) is 0 Å². The molecule has 8 heteroatoms. The fourth-order valence-electron chi connectivity index (χ4n) is 1.60. The molecule has 2 rings (SSSR count). The number of nitrogens with two attached hydrogens (primary N) is 1. The summed E-state index contributed by atoms with van der Waals surface area (Å²) in [6.07, 6.45) is 0. The number of rotatable bonds is 5. The van der Waals surface area contributed by atoms with Crippen molar-refractivity contribution in [3.05, 3.63) is 46.5 Å². The summed E-state index contributed by atoms with van der Waals surface area (Å²) in [5.41, 5.74) is 7.58. The number of aromatic nitrogens is 1. The van der Waals surface area contributed by atoms with Crippen LogP contribution in [0.1, 0.15) is 16.8 Å². The van der Waals surface area contributed by atoms with Crippen LogP contribution in [0.25, 0.3) is 0 Å². The zero-order valence-electron chi connectivity index (χ0n) is 10.7. The summed E-state index contributed by atoms with van der Waals surface area (Å²) in [6, 6.07) is 6.87. The first-order valence-electron chi connectivity index (χ1n) is 5.67. The second-order valence-electron chi connectivity index (χ2n) is 4.22. The number of aryl methyl sites for hydroxylation is 1. The molecule has 0 fully saturated rings. The van der Waals surface area contributed by atoms with Gasteiger partial charge in [0.2, 0.25) is 10.0 Å². The number of thiazole rings is 1. The summed E-state index contributed by atoms with van der Waals surface area (Å²) in [5, 5.41) is 2.15. The van der Waals surface area contributed by atoms with Crippen molar-refractivity contribution in [2.75, 3.05) is 4.72 Å². The van der Waals surface area contributed by atoms with Crippen molar-refractivity contribution in [2.24, 2.45) is 5.73 Å². The third-order valence-corrected chi connectivity index (χ3v) is 4.89. The fraction of sp³-hybridized carbons (Fsp3) is 0.167. The van der Waals surface area contributed by atoms with Crippen LogP contribution in [-0.2, 0) is 15.8 Å². The van der Waals surface area contributed by atoms with Gasteiger partial charge in [0.05, 0.1) is 11.4 Å². The normalized spacial score (nSPS) is 11.2. The Morgan fingerprint density at radius 3 is 2.85 bits per heavy atom. The summed E-state index contributed by atoms with van der Waals surface area (Å²) in [6.45, 7) is 1.81. The topological polar surface area (TPSA) is 85.1 Å². The van der Waals surface area contributed by atoms with Crippen molar-refractivity contribution >= 4 is 43.7 Å². The van der Waals surface area contributed by atoms with E-state index in [9.17, 15) is 8.42 Å².